The van der Waals surface area contributed by atoms with Crippen molar-refractivity contribution in [1.29, 1.82) is 0 Å². The molecule has 0 atom stereocenters. The Morgan fingerprint density at radius 3 is 1.48 bits per heavy atom. The number of carboxylic acids is 1. The highest BCUT2D eigenvalue weighted by atomic mass is 32.1. The van der Waals surface area contributed by atoms with E-state index in [1.54, 1.807) is 0 Å². The zero-order valence-corrected chi connectivity index (χ0v) is 20.9. The second-order valence-corrected chi connectivity index (χ2v) is 9.01. The molecule has 0 fully saturated rings. The van der Waals surface area contributed by atoms with Gasteiger partial charge in [0.15, 0.2) is 6.54 Å². The Hall–Kier alpha value is -0.380. The first-order chi connectivity index (χ1) is 15.0. The summed E-state index contributed by atoms with van der Waals surface area (Å²) in [5, 5.41) is 8.83. The van der Waals surface area contributed by atoms with Crippen molar-refractivity contribution >= 4 is 18.6 Å². The van der Waals surface area contributed by atoms with Crippen LogP contribution >= 0.6 is 12.6 Å². The van der Waals surface area contributed by atoms with Gasteiger partial charge in [-0.1, -0.05) is 44.9 Å². The maximum atomic E-state index is 10.7. The number of likely N-dealkylation sites (N-methyl/N-ethyl adjacent to an activating group) is 1. The molecule has 7 nitrogen and oxygen atoms in total. The molecule has 0 aliphatic rings. The monoisotopic (exact) mass is 466 g/mol. The van der Waals surface area contributed by atoms with E-state index in [1.165, 1.54) is 51.4 Å². The van der Waals surface area contributed by atoms with Crippen LogP contribution in [0.3, 0.4) is 0 Å². The van der Waals surface area contributed by atoms with Gasteiger partial charge >= 0.3 is 5.97 Å². The topological polar surface area (TPSA) is 74.2 Å². The van der Waals surface area contributed by atoms with Crippen LogP contribution in [0.5, 0.6) is 0 Å². The fraction of sp³-hybridized carbons (Fsp3) is 0.957. The summed E-state index contributed by atoms with van der Waals surface area (Å²) in [6.45, 7) is 5.45. The number of hydrogen-bond acceptors (Lipinski definition) is 6. The summed E-state index contributed by atoms with van der Waals surface area (Å²) in [6.07, 6.45) is 11.7. The van der Waals surface area contributed by atoms with E-state index < -0.39 is 5.97 Å². The third-order valence-corrected chi connectivity index (χ3v) is 5.28. The smallest absolute Gasteiger partial charge is 0.359 e. The van der Waals surface area contributed by atoms with Crippen LogP contribution < -0.4 is 0 Å². The molecule has 186 valence electrons. The molecule has 0 heterocycles. The third kappa shape index (κ3) is 25.8. The number of carboxylic acid groups (broad SMARTS) is 1. The Morgan fingerprint density at radius 2 is 1.03 bits per heavy atom. The molecular weight excluding hydrogens is 418 g/mol. The first-order valence-corrected chi connectivity index (χ1v) is 12.6. The van der Waals surface area contributed by atoms with Crippen molar-refractivity contribution in [2.24, 2.45) is 0 Å². The van der Waals surface area contributed by atoms with Crippen LogP contribution in [0.25, 0.3) is 0 Å². The summed E-state index contributed by atoms with van der Waals surface area (Å²) < 4.78 is 22.4. The van der Waals surface area contributed by atoms with Crippen LogP contribution in [0.1, 0.15) is 57.8 Å². The average molecular weight is 467 g/mol. The lowest BCUT2D eigenvalue weighted by Gasteiger charge is -2.27. The predicted molar refractivity (Wildman–Crippen MR) is 128 cm³/mol. The molecule has 0 aromatic carbocycles. The molecule has 0 aliphatic carbocycles. The van der Waals surface area contributed by atoms with Gasteiger partial charge in [-0.25, -0.2) is 4.79 Å². The molecule has 0 spiro atoms. The third-order valence-electron chi connectivity index (χ3n) is 4.97. The highest BCUT2D eigenvalue weighted by Crippen LogP contribution is 2.10. The van der Waals surface area contributed by atoms with E-state index in [-0.39, 0.29) is 6.54 Å². The minimum Gasteiger partial charge on any atom is -0.477 e. The molecular formula is C23H48NO6S+. The number of aliphatic carboxylic acids is 1. The van der Waals surface area contributed by atoms with Crippen molar-refractivity contribution in [3.8, 4) is 0 Å². The predicted octanol–water partition coefficient (Wildman–Crippen LogP) is 3.65. The molecule has 0 rings (SSSR count). The van der Waals surface area contributed by atoms with E-state index in [1.807, 2.05) is 14.1 Å². The molecule has 0 bridgehead atoms. The van der Waals surface area contributed by atoms with Crippen LogP contribution in [-0.4, -0.2) is 101 Å². The van der Waals surface area contributed by atoms with Crippen LogP contribution in [-0.2, 0) is 23.7 Å². The van der Waals surface area contributed by atoms with Crippen molar-refractivity contribution in [3.63, 3.8) is 0 Å². The maximum absolute atomic E-state index is 10.7. The van der Waals surface area contributed by atoms with E-state index in [9.17, 15) is 4.79 Å². The number of rotatable bonds is 25. The number of nitrogens with zero attached hydrogens (tertiary/aromatic N) is 1. The number of ether oxygens (including phenoxy) is 4. The van der Waals surface area contributed by atoms with Crippen molar-refractivity contribution < 1.29 is 33.3 Å². The lowest BCUT2D eigenvalue weighted by atomic mass is 10.1. The Labute approximate surface area is 195 Å². The Bertz CT molecular complexity index is 398. The Kier molecular flexibility index (Phi) is 22.5. The quantitative estimate of drug-likeness (QED) is 0.122. The molecule has 0 saturated heterocycles. The maximum Gasteiger partial charge on any atom is 0.359 e. The van der Waals surface area contributed by atoms with Crippen LogP contribution in [0.15, 0.2) is 0 Å². The van der Waals surface area contributed by atoms with Gasteiger partial charge in [0.05, 0.1) is 60.3 Å². The second-order valence-electron chi connectivity index (χ2n) is 8.57. The fourth-order valence-corrected chi connectivity index (χ4v) is 3.30. The largest absolute Gasteiger partial charge is 0.477 e. The minimum absolute atomic E-state index is 0.0956. The number of thiol groups is 1. The number of unbranched alkanes of at least 4 members (excludes halogenated alkanes) is 8. The Balaban J connectivity index is 3.13. The van der Waals surface area contributed by atoms with E-state index in [2.05, 4.69) is 12.6 Å². The number of quaternary nitrogens is 1. The average Bonchev–Trinajstić information content (AvgIpc) is 2.70. The second kappa shape index (κ2) is 22.8. The van der Waals surface area contributed by atoms with Crippen molar-refractivity contribution in [3.05, 3.63) is 0 Å². The molecule has 0 unspecified atom stereocenters. The summed E-state index contributed by atoms with van der Waals surface area (Å²) in [7, 11) is 3.76. The summed E-state index contributed by atoms with van der Waals surface area (Å²) in [5.74, 6) is 0.225. The first-order valence-electron chi connectivity index (χ1n) is 11.9. The van der Waals surface area contributed by atoms with Gasteiger partial charge in [-0.05, 0) is 18.6 Å². The van der Waals surface area contributed by atoms with Gasteiger partial charge in [0, 0.05) is 6.61 Å². The van der Waals surface area contributed by atoms with Crippen LogP contribution in [0, 0.1) is 0 Å². The van der Waals surface area contributed by atoms with E-state index in [0.717, 1.165) is 18.8 Å². The summed E-state index contributed by atoms with van der Waals surface area (Å²) in [4.78, 5) is 10.7. The van der Waals surface area contributed by atoms with Crippen LogP contribution in [0.4, 0.5) is 0 Å². The standard InChI is InChI=1S/C23H47NO6S/c1-24(2,22-23(25)26)12-14-28-16-18-30-20-19-29-17-15-27-13-10-8-6-4-3-5-7-9-11-21-31/h3-22H2,1-2H3,(H-,25,26,31)/p+1. The van der Waals surface area contributed by atoms with Gasteiger partial charge < -0.3 is 28.5 Å². The molecule has 1 N–H and O–H groups in total. The van der Waals surface area contributed by atoms with Gasteiger partial charge in [0.2, 0.25) is 0 Å². The van der Waals surface area contributed by atoms with E-state index >= 15 is 0 Å². The highest BCUT2D eigenvalue weighted by Gasteiger charge is 2.18. The molecule has 8 heteroatoms. The molecule has 0 aromatic rings. The minimum atomic E-state index is -0.796. The van der Waals surface area contributed by atoms with E-state index in [4.69, 9.17) is 24.1 Å². The lowest BCUT2D eigenvalue weighted by Crippen LogP contribution is -2.46. The highest BCUT2D eigenvalue weighted by molar-refractivity contribution is 7.80. The molecule has 0 radical (unpaired) electrons. The van der Waals surface area contributed by atoms with Gasteiger partial charge in [-0.15, -0.1) is 0 Å². The summed E-state index contributed by atoms with van der Waals surface area (Å²) >= 11 is 4.24. The molecule has 0 aromatic heterocycles. The van der Waals surface area contributed by atoms with Crippen molar-refractivity contribution in [2.45, 2.75) is 57.8 Å². The SMILES string of the molecule is C[N+](C)(CCOCCOCCOCCOCCCCCCCCCCCS)CC(=O)O. The summed E-state index contributed by atoms with van der Waals surface area (Å²) in [5.41, 5.74) is 0. The fourth-order valence-electron chi connectivity index (χ4n) is 3.07. The van der Waals surface area contributed by atoms with Crippen LogP contribution in [0.2, 0.25) is 0 Å². The molecule has 0 saturated carbocycles. The van der Waals surface area contributed by atoms with Crippen molar-refractivity contribution in [1.82, 2.24) is 0 Å². The number of carbonyl (C=O) groups is 1. The van der Waals surface area contributed by atoms with Gasteiger partial charge in [-0.3, -0.25) is 0 Å². The van der Waals surface area contributed by atoms with Gasteiger partial charge in [0.25, 0.3) is 0 Å². The lowest BCUT2D eigenvalue weighted by molar-refractivity contribution is -0.883. The molecule has 0 amide bonds. The zero-order chi connectivity index (χ0) is 23.0. The Morgan fingerprint density at radius 1 is 0.645 bits per heavy atom. The van der Waals surface area contributed by atoms with E-state index in [0.29, 0.717) is 57.3 Å². The number of hydrogen-bond donors (Lipinski definition) is 2. The molecule has 0 aliphatic heterocycles. The first kappa shape index (κ1) is 30.6. The van der Waals surface area contributed by atoms with Crippen molar-refractivity contribution in [2.75, 3.05) is 85.8 Å². The normalized spacial score (nSPS) is 11.8. The summed E-state index contributed by atoms with van der Waals surface area (Å²) in [6, 6.07) is 0. The zero-order valence-electron chi connectivity index (χ0n) is 20.0. The van der Waals surface area contributed by atoms with Gasteiger partial charge in [0.1, 0.15) is 6.54 Å². The van der Waals surface area contributed by atoms with Gasteiger partial charge in [-0.2, -0.15) is 12.6 Å². The molecule has 31 heavy (non-hydrogen) atoms.